The van der Waals surface area contributed by atoms with Crippen molar-refractivity contribution >= 4 is 22.4 Å². The first-order chi connectivity index (χ1) is 9.31. The Balaban J connectivity index is 0.00000400. The molecule has 0 saturated heterocycles. The fraction of sp³-hybridized carbons (Fsp3) is 0.571. The predicted molar refractivity (Wildman–Crippen MR) is 88.0 cm³/mol. The highest BCUT2D eigenvalue weighted by Crippen LogP contribution is 2.25. The molecular formula is C14H25ClN2O3S. The van der Waals surface area contributed by atoms with Gasteiger partial charge in [-0.2, -0.15) is 0 Å². The van der Waals surface area contributed by atoms with Crippen LogP contribution in [0.25, 0.3) is 0 Å². The highest BCUT2D eigenvalue weighted by atomic mass is 35.5. The van der Waals surface area contributed by atoms with E-state index in [4.69, 9.17) is 4.74 Å². The Morgan fingerprint density at radius 1 is 1.24 bits per heavy atom. The molecule has 0 amide bonds. The maximum atomic E-state index is 12.3. The van der Waals surface area contributed by atoms with Crippen molar-refractivity contribution in [3.63, 3.8) is 0 Å². The Bertz CT molecular complexity index is 562. The lowest BCUT2D eigenvalue weighted by Gasteiger charge is -2.16. The van der Waals surface area contributed by atoms with Crippen LogP contribution in [0, 0.1) is 13.8 Å². The summed E-state index contributed by atoms with van der Waals surface area (Å²) in [6, 6.07) is 3.49. The van der Waals surface area contributed by atoms with E-state index in [0.717, 1.165) is 12.1 Å². The summed E-state index contributed by atoms with van der Waals surface area (Å²) in [5.74, 6) is 0.697. The van der Waals surface area contributed by atoms with Gasteiger partial charge in [-0.3, -0.25) is 0 Å². The molecule has 1 atom stereocenters. The van der Waals surface area contributed by atoms with Crippen molar-refractivity contribution in [2.24, 2.45) is 0 Å². The first kappa shape index (κ1) is 20.2. The second-order valence-electron chi connectivity index (χ2n) is 4.90. The van der Waals surface area contributed by atoms with Gasteiger partial charge in [0.15, 0.2) is 0 Å². The summed E-state index contributed by atoms with van der Waals surface area (Å²) >= 11 is 0. The molecule has 0 aromatic heterocycles. The van der Waals surface area contributed by atoms with Crippen LogP contribution in [-0.2, 0) is 10.0 Å². The number of halogens is 1. The molecule has 7 heteroatoms. The Kier molecular flexibility index (Phi) is 8.25. The zero-order valence-electron chi connectivity index (χ0n) is 13.2. The maximum Gasteiger partial charge on any atom is 0.240 e. The van der Waals surface area contributed by atoms with Crippen LogP contribution >= 0.6 is 12.4 Å². The van der Waals surface area contributed by atoms with Crippen LogP contribution in [0.2, 0.25) is 0 Å². The second-order valence-corrected chi connectivity index (χ2v) is 6.63. The van der Waals surface area contributed by atoms with Crippen molar-refractivity contribution < 1.29 is 13.2 Å². The van der Waals surface area contributed by atoms with Gasteiger partial charge in [0.2, 0.25) is 10.0 Å². The zero-order chi connectivity index (χ0) is 15.3. The predicted octanol–water partition coefficient (Wildman–Crippen LogP) is 2.01. The summed E-state index contributed by atoms with van der Waals surface area (Å²) in [4.78, 5) is 0.305. The van der Waals surface area contributed by atoms with Gasteiger partial charge in [-0.05, 0) is 50.6 Å². The fourth-order valence-corrected chi connectivity index (χ4v) is 3.45. The van der Waals surface area contributed by atoms with E-state index < -0.39 is 10.0 Å². The lowest BCUT2D eigenvalue weighted by molar-refractivity contribution is 0.411. The minimum atomic E-state index is -3.50. The fourth-order valence-electron chi connectivity index (χ4n) is 2.01. The van der Waals surface area contributed by atoms with Gasteiger partial charge in [-0.15, -0.1) is 12.4 Å². The lowest BCUT2D eigenvalue weighted by atomic mass is 10.1. The Hall–Kier alpha value is -0.820. The Morgan fingerprint density at radius 2 is 1.86 bits per heavy atom. The molecule has 1 aromatic carbocycles. The first-order valence-corrected chi connectivity index (χ1v) is 8.18. The quantitative estimate of drug-likeness (QED) is 0.799. The third-order valence-corrected chi connectivity index (χ3v) is 4.68. The van der Waals surface area contributed by atoms with Crippen molar-refractivity contribution in [3.8, 4) is 5.75 Å². The molecule has 1 rings (SSSR count). The molecule has 1 aromatic rings. The molecule has 21 heavy (non-hydrogen) atoms. The molecule has 0 heterocycles. The van der Waals surface area contributed by atoms with E-state index in [-0.39, 0.29) is 18.4 Å². The van der Waals surface area contributed by atoms with Gasteiger partial charge in [0.1, 0.15) is 5.75 Å². The van der Waals surface area contributed by atoms with Gasteiger partial charge in [-0.1, -0.05) is 6.92 Å². The van der Waals surface area contributed by atoms with Crippen LogP contribution in [0.5, 0.6) is 5.75 Å². The molecule has 0 saturated carbocycles. The van der Waals surface area contributed by atoms with Crippen LogP contribution < -0.4 is 14.8 Å². The summed E-state index contributed by atoms with van der Waals surface area (Å²) in [5.41, 5.74) is 1.48. The highest BCUT2D eigenvalue weighted by molar-refractivity contribution is 7.89. The number of hydrogen-bond acceptors (Lipinski definition) is 4. The molecule has 0 aliphatic carbocycles. The lowest BCUT2D eigenvalue weighted by Crippen LogP contribution is -2.38. The SMILES string of the molecule is CCN[C@H](C)CNS(=O)(=O)c1cc(C)c(OC)cc1C.Cl. The molecule has 0 aliphatic heterocycles. The van der Waals surface area contributed by atoms with Crippen LogP contribution in [0.1, 0.15) is 25.0 Å². The molecule has 0 bridgehead atoms. The molecule has 5 nitrogen and oxygen atoms in total. The number of benzene rings is 1. The average Bonchev–Trinajstić information content (AvgIpc) is 2.39. The standard InChI is InChI=1S/C14H24N2O3S.ClH/c1-6-15-12(4)9-16-20(17,18)14-8-10(2)13(19-5)7-11(14)3;/h7-8,12,15-16H,6,9H2,1-5H3;1H/t12-;/m1./s1. The summed E-state index contributed by atoms with van der Waals surface area (Å²) in [6.45, 7) is 8.70. The Labute approximate surface area is 133 Å². The van der Waals surface area contributed by atoms with Crippen LogP contribution in [-0.4, -0.2) is 34.7 Å². The van der Waals surface area contributed by atoms with Crippen LogP contribution in [0.15, 0.2) is 17.0 Å². The van der Waals surface area contributed by atoms with Gasteiger partial charge in [0, 0.05) is 12.6 Å². The van der Waals surface area contributed by atoms with Gasteiger partial charge < -0.3 is 10.1 Å². The van der Waals surface area contributed by atoms with E-state index in [1.165, 1.54) is 0 Å². The number of ether oxygens (including phenoxy) is 1. The van der Waals surface area contributed by atoms with Gasteiger partial charge in [0.25, 0.3) is 0 Å². The van der Waals surface area contributed by atoms with Gasteiger partial charge >= 0.3 is 0 Å². The number of hydrogen-bond donors (Lipinski definition) is 2. The molecular weight excluding hydrogens is 312 g/mol. The van der Waals surface area contributed by atoms with E-state index in [1.54, 1.807) is 26.2 Å². The van der Waals surface area contributed by atoms with E-state index in [1.807, 2.05) is 20.8 Å². The first-order valence-electron chi connectivity index (χ1n) is 6.70. The van der Waals surface area contributed by atoms with Gasteiger partial charge in [-0.25, -0.2) is 13.1 Å². The minimum absolute atomic E-state index is 0. The monoisotopic (exact) mass is 336 g/mol. The second kappa shape index (κ2) is 8.58. The number of likely N-dealkylation sites (N-methyl/N-ethyl adjacent to an activating group) is 1. The van der Waals surface area contributed by atoms with Crippen molar-refractivity contribution in [1.29, 1.82) is 0 Å². The van der Waals surface area contributed by atoms with E-state index in [9.17, 15) is 8.42 Å². The summed E-state index contributed by atoms with van der Waals surface area (Å²) in [6.07, 6.45) is 0. The molecule has 2 N–H and O–H groups in total. The van der Waals surface area contributed by atoms with Crippen LogP contribution in [0.4, 0.5) is 0 Å². The third-order valence-electron chi connectivity index (χ3n) is 3.11. The smallest absolute Gasteiger partial charge is 0.240 e. The topological polar surface area (TPSA) is 67.4 Å². The molecule has 0 aliphatic rings. The Morgan fingerprint density at radius 3 is 2.38 bits per heavy atom. The number of nitrogens with one attached hydrogen (secondary N) is 2. The van der Waals surface area contributed by atoms with E-state index in [0.29, 0.717) is 22.8 Å². The zero-order valence-corrected chi connectivity index (χ0v) is 14.8. The number of rotatable bonds is 7. The highest BCUT2D eigenvalue weighted by Gasteiger charge is 2.19. The maximum absolute atomic E-state index is 12.3. The molecule has 0 fully saturated rings. The van der Waals surface area contributed by atoms with Crippen molar-refractivity contribution in [3.05, 3.63) is 23.3 Å². The summed E-state index contributed by atoms with van der Waals surface area (Å²) in [7, 11) is -1.92. The van der Waals surface area contributed by atoms with Crippen LogP contribution in [0.3, 0.4) is 0 Å². The molecule has 122 valence electrons. The van der Waals surface area contributed by atoms with Crippen molar-refractivity contribution in [2.45, 2.75) is 38.6 Å². The van der Waals surface area contributed by atoms with E-state index >= 15 is 0 Å². The normalized spacial score (nSPS) is 12.6. The summed E-state index contributed by atoms with van der Waals surface area (Å²) in [5, 5.41) is 3.17. The van der Waals surface area contributed by atoms with Gasteiger partial charge in [0.05, 0.1) is 12.0 Å². The van der Waals surface area contributed by atoms with Crippen molar-refractivity contribution in [1.82, 2.24) is 10.0 Å². The average molecular weight is 337 g/mol. The summed E-state index contributed by atoms with van der Waals surface area (Å²) < 4.78 is 32.5. The van der Waals surface area contributed by atoms with Crippen molar-refractivity contribution in [2.75, 3.05) is 20.2 Å². The third kappa shape index (κ3) is 5.47. The largest absolute Gasteiger partial charge is 0.496 e. The number of aryl methyl sites for hydroxylation is 2. The molecule has 0 spiro atoms. The molecule has 0 unspecified atom stereocenters. The number of sulfonamides is 1. The number of methoxy groups -OCH3 is 1. The molecule has 0 radical (unpaired) electrons. The minimum Gasteiger partial charge on any atom is -0.496 e. The van der Waals surface area contributed by atoms with E-state index in [2.05, 4.69) is 10.0 Å².